The Balaban J connectivity index is 2.93. The molecule has 0 aliphatic carbocycles. The predicted molar refractivity (Wildman–Crippen MR) is 69.7 cm³/mol. The monoisotopic (exact) mass is 286 g/mol. The number of carboxylic acid groups (broad SMARTS) is 1. The molecule has 0 aliphatic heterocycles. The van der Waals surface area contributed by atoms with E-state index in [1.54, 1.807) is 13.8 Å². The van der Waals surface area contributed by atoms with Gasteiger partial charge in [-0.1, -0.05) is 0 Å². The van der Waals surface area contributed by atoms with Crippen molar-refractivity contribution in [2.24, 2.45) is 5.41 Å². The van der Waals surface area contributed by atoms with Crippen molar-refractivity contribution in [3.63, 3.8) is 0 Å². The van der Waals surface area contributed by atoms with E-state index in [1.807, 2.05) is 0 Å². The van der Waals surface area contributed by atoms with Crippen LogP contribution in [-0.2, 0) is 4.79 Å². The summed E-state index contributed by atoms with van der Waals surface area (Å²) in [7, 11) is 1.48. The molecule has 0 unspecified atom stereocenters. The topological polar surface area (TPSA) is 78.4 Å². The zero-order valence-corrected chi connectivity index (χ0v) is 11.4. The van der Waals surface area contributed by atoms with E-state index in [-0.39, 0.29) is 18.1 Å². The number of carbonyl (C=O) groups is 2. The molecule has 0 radical (unpaired) electrons. The van der Waals surface area contributed by atoms with Crippen molar-refractivity contribution >= 4 is 17.6 Å². The first-order valence-electron chi connectivity index (χ1n) is 5.88. The number of halogens is 2. The van der Waals surface area contributed by atoms with Gasteiger partial charge in [-0.15, -0.1) is 0 Å². The second kappa shape index (κ2) is 5.85. The Morgan fingerprint density at radius 2 is 1.85 bits per heavy atom. The van der Waals surface area contributed by atoms with Crippen molar-refractivity contribution in [3.8, 4) is 0 Å². The van der Waals surface area contributed by atoms with Crippen LogP contribution in [0.1, 0.15) is 24.2 Å². The molecule has 1 amide bonds. The Hall–Kier alpha value is -2.18. The van der Waals surface area contributed by atoms with E-state index >= 15 is 0 Å². The third-order valence-corrected chi connectivity index (χ3v) is 2.88. The van der Waals surface area contributed by atoms with E-state index in [4.69, 9.17) is 5.11 Å². The summed E-state index contributed by atoms with van der Waals surface area (Å²) in [5, 5.41) is 13.7. The standard InChI is InChI=1S/C13H16F2N2O3/c1-13(2,12(20)16-3)6-17-8-5-4-7(11(18)19)9(14)10(8)15/h4-5,17H,6H2,1-3H3,(H,16,20)(H,18,19). The summed E-state index contributed by atoms with van der Waals surface area (Å²) in [6, 6.07) is 2.10. The summed E-state index contributed by atoms with van der Waals surface area (Å²) >= 11 is 0. The van der Waals surface area contributed by atoms with Crippen molar-refractivity contribution in [2.75, 3.05) is 18.9 Å². The highest BCUT2D eigenvalue weighted by Crippen LogP contribution is 2.23. The highest BCUT2D eigenvalue weighted by molar-refractivity contribution is 5.88. The quantitative estimate of drug-likeness (QED) is 0.772. The number of carboxylic acids is 1. The van der Waals surface area contributed by atoms with Crippen LogP contribution in [0.4, 0.5) is 14.5 Å². The van der Waals surface area contributed by atoms with Gasteiger partial charge in [-0.2, -0.15) is 0 Å². The van der Waals surface area contributed by atoms with Gasteiger partial charge >= 0.3 is 5.97 Å². The highest BCUT2D eigenvalue weighted by atomic mass is 19.2. The van der Waals surface area contributed by atoms with E-state index in [1.165, 1.54) is 7.05 Å². The molecule has 0 bridgehead atoms. The highest BCUT2D eigenvalue weighted by Gasteiger charge is 2.27. The fraction of sp³-hybridized carbons (Fsp3) is 0.385. The molecular formula is C13H16F2N2O3. The molecule has 0 saturated carbocycles. The van der Waals surface area contributed by atoms with Gasteiger partial charge in [0.15, 0.2) is 11.6 Å². The molecule has 5 nitrogen and oxygen atoms in total. The van der Waals surface area contributed by atoms with E-state index in [0.29, 0.717) is 0 Å². The molecular weight excluding hydrogens is 270 g/mol. The number of aromatic carboxylic acids is 1. The second-order valence-corrected chi connectivity index (χ2v) is 4.91. The van der Waals surface area contributed by atoms with Gasteiger partial charge in [0.2, 0.25) is 5.91 Å². The van der Waals surface area contributed by atoms with Crippen LogP contribution in [0.25, 0.3) is 0 Å². The summed E-state index contributed by atoms with van der Waals surface area (Å²) in [5.41, 5.74) is -1.76. The van der Waals surface area contributed by atoms with Gasteiger partial charge in [-0.3, -0.25) is 4.79 Å². The fourth-order valence-electron chi connectivity index (χ4n) is 1.59. The lowest BCUT2D eigenvalue weighted by Crippen LogP contribution is -2.39. The van der Waals surface area contributed by atoms with Gasteiger partial charge in [0.1, 0.15) is 0 Å². The van der Waals surface area contributed by atoms with E-state index in [9.17, 15) is 18.4 Å². The van der Waals surface area contributed by atoms with Crippen molar-refractivity contribution in [1.29, 1.82) is 0 Å². The Kier molecular flexibility index (Phi) is 4.65. The maximum atomic E-state index is 13.7. The SMILES string of the molecule is CNC(=O)C(C)(C)CNc1ccc(C(=O)O)c(F)c1F. The molecule has 110 valence electrons. The number of amides is 1. The molecule has 0 aromatic heterocycles. The molecule has 7 heteroatoms. The molecule has 0 saturated heterocycles. The maximum Gasteiger partial charge on any atom is 0.338 e. The lowest BCUT2D eigenvalue weighted by Gasteiger charge is -2.23. The molecule has 1 aromatic rings. The lowest BCUT2D eigenvalue weighted by atomic mass is 9.92. The maximum absolute atomic E-state index is 13.7. The number of benzene rings is 1. The Morgan fingerprint density at radius 1 is 1.25 bits per heavy atom. The van der Waals surface area contributed by atoms with Gasteiger partial charge in [0.25, 0.3) is 0 Å². The molecule has 0 aliphatic rings. The minimum atomic E-state index is -1.54. The van der Waals surface area contributed by atoms with Crippen LogP contribution in [-0.4, -0.2) is 30.6 Å². The molecule has 3 N–H and O–H groups in total. The van der Waals surface area contributed by atoms with Crippen LogP contribution in [0.15, 0.2) is 12.1 Å². The van der Waals surface area contributed by atoms with Crippen molar-refractivity contribution in [2.45, 2.75) is 13.8 Å². The van der Waals surface area contributed by atoms with E-state index < -0.39 is 28.6 Å². The molecule has 0 heterocycles. The van der Waals surface area contributed by atoms with E-state index in [2.05, 4.69) is 10.6 Å². The van der Waals surface area contributed by atoms with Gasteiger partial charge in [0, 0.05) is 13.6 Å². The van der Waals surface area contributed by atoms with Crippen LogP contribution in [0.2, 0.25) is 0 Å². The van der Waals surface area contributed by atoms with Gasteiger partial charge in [-0.25, -0.2) is 13.6 Å². The number of carbonyl (C=O) groups excluding carboxylic acids is 1. The largest absolute Gasteiger partial charge is 0.478 e. The number of hydrogen-bond donors (Lipinski definition) is 3. The minimum Gasteiger partial charge on any atom is -0.478 e. The van der Waals surface area contributed by atoms with Crippen LogP contribution >= 0.6 is 0 Å². The summed E-state index contributed by atoms with van der Waals surface area (Å²) in [6.07, 6.45) is 0. The number of hydrogen-bond acceptors (Lipinski definition) is 3. The summed E-state index contributed by atoms with van der Waals surface area (Å²) < 4.78 is 27.2. The predicted octanol–water partition coefficient (Wildman–Crippen LogP) is 1.85. The van der Waals surface area contributed by atoms with Gasteiger partial charge in [0.05, 0.1) is 16.7 Å². The van der Waals surface area contributed by atoms with Crippen LogP contribution in [0, 0.1) is 17.0 Å². The van der Waals surface area contributed by atoms with Gasteiger partial charge in [-0.05, 0) is 26.0 Å². The van der Waals surface area contributed by atoms with Gasteiger partial charge < -0.3 is 15.7 Å². The first-order valence-corrected chi connectivity index (χ1v) is 5.88. The Bertz CT molecular complexity index is 545. The third kappa shape index (κ3) is 3.23. The molecule has 0 fully saturated rings. The number of nitrogens with one attached hydrogen (secondary N) is 2. The first kappa shape index (κ1) is 15.9. The molecule has 0 atom stereocenters. The molecule has 1 aromatic carbocycles. The smallest absolute Gasteiger partial charge is 0.338 e. The van der Waals surface area contributed by atoms with Crippen LogP contribution in [0.3, 0.4) is 0 Å². The average molecular weight is 286 g/mol. The third-order valence-electron chi connectivity index (χ3n) is 2.88. The van der Waals surface area contributed by atoms with Crippen molar-refractivity contribution in [3.05, 3.63) is 29.3 Å². The lowest BCUT2D eigenvalue weighted by molar-refractivity contribution is -0.128. The molecule has 20 heavy (non-hydrogen) atoms. The Morgan fingerprint density at radius 3 is 2.35 bits per heavy atom. The Labute approximate surface area is 115 Å². The summed E-state index contributed by atoms with van der Waals surface area (Å²) in [6.45, 7) is 3.34. The zero-order valence-electron chi connectivity index (χ0n) is 11.4. The average Bonchev–Trinajstić information content (AvgIpc) is 2.39. The molecule has 1 rings (SSSR count). The van der Waals surface area contributed by atoms with Crippen molar-refractivity contribution in [1.82, 2.24) is 5.32 Å². The normalized spacial score (nSPS) is 11.1. The molecule has 0 spiro atoms. The minimum absolute atomic E-state index is 0.0649. The number of anilines is 1. The zero-order chi connectivity index (χ0) is 15.5. The number of rotatable bonds is 5. The summed E-state index contributed by atoms with van der Waals surface area (Å²) in [5.74, 6) is -4.51. The second-order valence-electron chi connectivity index (χ2n) is 4.91. The fourth-order valence-corrected chi connectivity index (χ4v) is 1.59. The van der Waals surface area contributed by atoms with Crippen molar-refractivity contribution < 1.29 is 23.5 Å². The first-order chi connectivity index (χ1) is 9.20. The summed E-state index contributed by atoms with van der Waals surface area (Å²) in [4.78, 5) is 22.2. The van der Waals surface area contributed by atoms with Crippen LogP contribution < -0.4 is 10.6 Å². The van der Waals surface area contributed by atoms with E-state index in [0.717, 1.165) is 12.1 Å². The van der Waals surface area contributed by atoms with Crippen LogP contribution in [0.5, 0.6) is 0 Å².